The summed E-state index contributed by atoms with van der Waals surface area (Å²) in [6.07, 6.45) is 0. The lowest BCUT2D eigenvalue weighted by molar-refractivity contribution is 0.437. The fourth-order valence-electron chi connectivity index (χ4n) is 0.750. The van der Waals surface area contributed by atoms with Crippen molar-refractivity contribution in [2.75, 3.05) is 0 Å². The standard InChI is InChI=1S/C7H16OSi/c1-6(2)7(8)9(3,4)5/h8H,1-5H3. The van der Waals surface area contributed by atoms with E-state index in [4.69, 9.17) is 0 Å². The number of hydrogen-bond acceptors (Lipinski definition) is 1. The predicted molar refractivity (Wildman–Crippen MR) is 44.3 cm³/mol. The van der Waals surface area contributed by atoms with E-state index in [9.17, 15) is 5.11 Å². The molecule has 0 saturated carbocycles. The van der Waals surface area contributed by atoms with Crippen LogP contribution in [-0.2, 0) is 0 Å². The maximum atomic E-state index is 9.40. The van der Waals surface area contributed by atoms with Crippen LogP contribution in [0.4, 0.5) is 0 Å². The summed E-state index contributed by atoms with van der Waals surface area (Å²) in [6.45, 7) is 10.3. The predicted octanol–water partition coefficient (Wildman–Crippen LogP) is 2.72. The Morgan fingerprint density at radius 3 is 1.44 bits per heavy atom. The van der Waals surface area contributed by atoms with Gasteiger partial charge >= 0.3 is 0 Å². The molecule has 0 aliphatic heterocycles. The highest BCUT2D eigenvalue weighted by molar-refractivity contribution is 6.82. The SMILES string of the molecule is CC(C)=C(O)[Si](C)(C)C. The van der Waals surface area contributed by atoms with E-state index >= 15 is 0 Å². The van der Waals surface area contributed by atoms with E-state index in [-0.39, 0.29) is 0 Å². The maximum Gasteiger partial charge on any atom is 0.122 e. The zero-order valence-electron chi connectivity index (χ0n) is 6.95. The molecule has 0 aliphatic carbocycles. The average Bonchev–Trinajstić information content (AvgIpc) is 1.62. The Balaban J connectivity index is 4.40. The van der Waals surface area contributed by atoms with Gasteiger partial charge in [-0.3, -0.25) is 0 Å². The van der Waals surface area contributed by atoms with Gasteiger partial charge in [0.05, 0.1) is 5.38 Å². The molecule has 0 aromatic carbocycles. The highest BCUT2D eigenvalue weighted by atomic mass is 28.3. The van der Waals surface area contributed by atoms with E-state index in [1.807, 2.05) is 13.8 Å². The first-order valence-electron chi connectivity index (χ1n) is 3.22. The summed E-state index contributed by atoms with van der Waals surface area (Å²) in [4.78, 5) is 0. The van der Waals surface area contributed by atoms with E-state index in [1.54, 1.807) is 0 Å². The van der Waals surface area contributed by atoms with Gasteiger partial charge in [0.15, 0.2) is 0 Å². The summed E-state index contributed by atoms with van der Waals surface area (Å²) < 4.78 is 0. The Bertz CT molecular complexity index is 126. The minimum absolute atomic E-state index is 0.641. The first-order valence-corrected chi connectivity index (χ1v) is 6.72. The molecule has 0 unspecified atom stereocenters. The van der Waals surface area contributed by atoms with Gasteiger partial charge in [-0.1, -0.05) is 19.6 Å². The molecule has 0 aromatic rings. The minimum Gasteiger partial charge on any atom is -0.518 e. The van der Waals surface area contributed by atoms with Crippen molar-refractivity contribution in [2.45, 2.75) is 33.5 Å². The van der Waals surface area contributed by atoms with E-state index in [2.05, 4.69) is 19.6 Å². The molecule has 54 valence electrons. The first kappa shape index (κ1) is 8.76. The molecule has 0 aromatic heterocycles. The zero-order chi connectivity index (χ0) is 7.65. The molecule has 0 radical (unpaired) electrons. The molecule has 0 spiro atoms. The van der Waals surface area contributed by atoms with Gasteiger partial charge in [0.1, 0.15) is 8.07 Å². The Labute approximate surface area is 58.4 Å². The van der Waals surface area contributed by atoms with Crippen LogP contribution in [0.1, 0.15) is 13.8 Å². The first-order chi connectivity index (χ1) is 3.85. The molecule has 0 amide bonds. The number of allylic oxidation sites excluding steroid dienone is 1. The van der Waals surface area contributed by atoms with Crippen LogP contribution < -0.4 is 0 Å². The molecule has 0 bridgehead atoms. The van der Waals surface area contributed by atoms with Gasteiger partial charge in [-0.15, -0.1) is 0 Å². The van der Waals surface area contributed by atoms with Crippen molar-refractivity contribution in [1.29, 1.82) is 0 Å². The maximum absolute atomic E-state index is 9.40. The van der Waals surface area contributed by atoms with Gasteiger partial charge in [-0.25, -0.2) is 0 Å². The Morgan fingerprint density at radius 2 is 1.44 bits per heavy atom. The van der Waals surface area contributed by atoms with E-state index in [0.29, 0.717) is 5.38 Å². The normalized spacial score (nSPS) is 11.2. The molecule has 1 nitrogen and oxygen atoms in total. The highest BCUT2D eigenvalue weighted by Crippen LogP contribution is 2.14. The molecule has 2 heteroatoms. The number of aliphatic hydroxyl groups excluding tert-OH is 1. The van der Waals surface area contributed by atoms with Gasteiger partial charge in [0.2, 0.25) is 0 Å². The second-order valence-electron chi connectivity index (χ2n) is 3.60. The number of rotatable bonds is 1. The van der Waals surface area contributed by atoms with Gasteiger partial charge < -0.3 is 5.11 Å². The third-order valence-electron chi connectivity index (χ3n) is 1.18. The summed E-state index contributed by atoms with van der Waals surface area (Å²) in [5, 5.41) is 10.0. The van der Waals surface area contributed by atoms with Crippen LogP contribution in [0, 0.1) is 0 Å². The van der Waals surface area contributed by atoms with E-state index in [0.717, 1.165) is 5.57 Å². The van der Waals surface area contributed by atoms with E-state index < -0.39 is 8.07 Å². The van der Waals surface area contributed by atoms with Crippen LogP contribution in [0.15, 0.2) is 11.0 Å². The van der Waals surface area contributed by atoms with Crippen LogP contribution in [0.5, 0.6) is 0 Å². The Kier molecular flexibility index (Phi) is 2.49. The van der Waals surface area contributed by atoms with Crippen molar-refractivity contribution in [2.24, 2.45) is 0 Å². The molecular formula is C7H16OSi. The van der Waals surface area contributed by atoms with Crippen molar-refractivity contribution >= 4 is 8.07 Å². The second kappa shape index (κ2) is 2.56. The molecular weight excluding hydrogens is 128 g/mol. The van der Waals surface area contributed by atoms with Crippen molar-refractivity contribution in [3.8, 4) is 0 Å². The topological polar surface area (TPSA) is 20.2 Å². The highest BCUT2D eigenvalue weighted by Gasteiger charge is 2.19. The van der Waals surface area contributed by atoms with Crippen LogP contribution in [0.25, 0.3) is 0 Å². The largest absolute Gasteiger partial charge is 0.518 e. The smallest absolute Gasteiger partial charge is 0.122 e. The zero-order valence-corrected chi connectivity index (χ0v) is 7.95. The average molecular weight is 144 g/mol. The molecule has 0 aliphatic rings. The van der Waals surface area contributed by atoms with Gasteiger partial charge in [-0.05, 0) is 19.4 Å². The molecule has 0 fully saturated rings. The van der Waals surface area contributed by atoms with Crippen molar-refractivity contribution in [3.63, 3.8) is 0 Å². The van der Waals surface area contributed by atoms with Gasteiger partial charge in [-0.2, -0.15) is 0 Å². The lowest BCUT2D eigenvalue weighted by Crippen LogP contribution is -2.24. The minimum atomic E-state index is -1.39. The van der Waals surface area contributed by atoms with Crippen molar-refractivity contribution < 1.29 is 5.11 Å². The summed E-state index contributed by atoms with van der Waals surface area (Å²) in [5.74, 6) is 0. The molecule has 0 rings (SSSR count). The summed E-state index contributed by atoms with van der Waals surface area (Å²) >= 11 is 0. The van der Waals surface area contributed by atoms with Crippen LogP contribution in [-0.4, -0.2) is 13.2 Å². The fraction of sp³-hybridized carbons (Fsp3) is 0.714. The van der Waals surface area contributed by atoms with Crippen LogP contribution in [0.2, 0.25) is 19.6 Å². The summed E-state index contributed by atoms with van der Waals surface area (Å²) in [5.41, 5.74) is 1.06. The Morgan fingerprint density at radius 1 is 1.11 bits per heavy atom. The monoisotopic (exact) mass is 144 g/mol. The second-order valence-corrected chi connectivity index (χ2v) is 8.57. The molecule has 9 heavy (non-hydrogen) atoms. The quantitative estimate of drug-likeness (QED) is 0.443. The van der Waals surface area contributed by atoms with Gasteiger partial charge in [0, 0.05) is 0 Å². The lowest BCUT2D eigenvalue weighted by Gasteiger charge is -2.15. The summed E-state index contributed by atoms with van der Waals surface area (Å²) in [7, 11) is -1.39. The third kappa shape index (κ3) is 2.70. The van der Waals surface area contributed by atoms with Crippen LogP contribution in [0.3, 0.4) is 0 Å². The fourth-order valence-corrected chi connectivity index (χ4v) is 2.25. The third-order valence-corrected chi connectivity index (χ3v) is 3.10. The molecule has 0 saturated heterocycles. The Hall–Kier alpha value is -0.243. The molecule has 0 heterocycles. The van der Waals surface area contributed by atoms with Gasteiger partial charge in [0.25, 0.3) is 0 Å². The lowest BCUT2D eigenvalue weighted by atomic mass is 10.4. The van der Waals surface area contributed by atoms with Crippen molar-refractivity contribution in [3.05, 3.63) is 11.0 Å². The molecule has 0 atom stereocenters. The number of hydrogen-bond donors (Lipinski definition) is 1. The van der Waals surface area contributed by atoms with Crippen LogP contribution >= 0.6 is 0 Å². The summed E-state index contributed by atoms with van der Waals surface area (Å²) in [6, 6.07) is 0. The molecule has 1 N–H and O–H groups in total. The number of aliphatic hydroxyl groups is 1. The van der Waals surface area contributed by atoms with E-state index in [1.165, 1.54) is 0 Å². The van der Waals surface area contributed by atoms with Crippen molar-refractivity contribution in [1.82, 2.24) is 0 Å².